The Labute approximate surface area is 167 Å². The van der Waals surface area contributed by atoms with Gasteiger partial charge in [0.2, 0.25) is 10.0 Å². The fourth-order valence-electron chi connectivity index (χ4n) is 4.28. The number of anilines is 1. The zero-order valence-electron chi connectivity index (χ0n) is 16.2. The summed E-state index contributed by atoms with van der Waals surface area (Å²) in [5, 5.41) is 0. The molecule has 6 heteroatoms. The second kappa shape index (κ2) is 7.68. The minimum atomic E-state index is -3.54. The van der Waals surface area contributed by atoms with Crippen molar-refractivity contribution in [1.29, 1.82) is 0 Å². The molecule has 5 nitrogen and oxygen atoms in total. The Hall–Kier alpha value is -2.18. The normalized spacial score (nSPS) is 17.7. The summed E-state index contributed by atoms with van der Waals surface area (Å²) >= 11 is 0. The van der Waals surface area contributed by atoms with Crippen LogP contribution in [0.15, 0.2) is 53.4 Å². The molecule has 2 aromatic rings. The van der Waals surface area contributed by atoms with Gasteiger partial charge in [-0.25, -0.2) is 8.42 Å². The number of nitrogens with zero attached hydrogens (tertiary/aromatic N) is 2. The predicted molar refractivity (Wildman–Crippen MR) is 110 cm³/mol. The van der Waals surface area contributed by atoms with E-state index in [0.717, 1.165) is 37.8 Å². The lowest BCUT2D eigenvalue weighted by molar-refractivity contribution is 0.0989. The number of benzene rings is 2. The Morgan fingerprint density at radius 1 is 1.00 bits per heavy atom. The third-order valence-corrected chi connectivity index (χ3v) is 7.92. The van der Waals surface area contributed by atoms with E-state index >= 15 is 0 Å². The summed E-state index contributed by atoms with van der Waals surface area (Å²) in [4.78, 5) is 14.9. The van der Waals surface area contributed by atoms with Crippen LogP contribution in [0.25, 0.3) is 0 Å². The molecule has 1 fully saturated rings. The van der Waals surface area contributed by atoms with Crippen molar-refractivity contribution in [2.24, 2.45) is 0 Å². The summed E-state index contributed by atoms with van der Waals surface area (Å²) in [6, 6.07) is 14.4. The van der Waals surface area contributed by atoms with Gasteiger partial charge >= 0.3 is 0 Å². The molecule has 2 aliphatic rings. The molecule has 0 aromatic heterocycles. The molecule has 28 heavy (non-hydrogen) atoms. The Bertz CT molecular complexity index is 964. The summed E-state index contributed by atoms with van der Waals surface area (Å²) in [6.07, 6.45) is 6.02. The van der Waals surface area contributed by atoms with Crippen LogP contribution in [-0.2, 0) is 16.4 Å². The first-order valence-corrected chi connectivity index (χ1v) is 11.4. The largest absolute Gasteiger partial charge is 0.308 e. The lowest BCUT2D eigenvalue weighted by Gasteiger charge is -2.30. The van der Waals surface area contributed by atoms with Crippen molar-refractivity contribution in [3.05, 3.63) is 59.7 Å². The molecule has 1 amide bonds. The molecule has 0 atom stereocenters. The third kappa shape index (κ3) is 3.47. The van der Waals surface area contributed by atoms with E-state index in [1.54, 1.807) is 36.2 Å². The minimum absolute atomic E-state index is 0.0705. The smallest absolute Gasteiger partial charge is 0.258 e. The van der Waals surface area contributed by atoms with E-state index in [0.29, 0.717) is 12.1 Å². The van der Waals surface area contributed by atoms with E-state index in [1.807, 2.05) is 24.3 Å². The number of hydrogen-bond donors (Lipinski definition) is 0. The van der Waals surface area contributed by atoms with Crippen LogP contribution in [0, 0.1) is 0 Å². The molecule has 0 spiro atoms. The molecule has 0 bridgehead atoms. The highest BCUT2D eigenvalue weighted by atomic mass is 32.2. The van der Waals surface area contributed by atoms with Crippen molar-refractivity contribution >= 4 is 21.6 Å². The predicted octanol–water partition coefficient (Wildman–Crippen LogP) is 3.84. The highest BCUT2D eigenvalue weighted by Gasteiger charge is 2.30. The van der Waals surface area contributed by atoms with Crippen LogP contribution in [0.5, 0.6) is 0 Å². The van der Waals surface area contributed by atoms with Crippen molar-refractivity contribution in [3.63, 3.8) is 0 Å². The van der Waals surface area contributed by atoms with Gasteiger partial charge < -0.3 is 4.90 Å². The SMILES string of the molecule is CN(C1CCCCC1)S(=O)(=O)c1ccc(C(=O)N2CCc3ccccc32)cc1. The number of sulfonamides is 1. The maximum absolute atomic E-state index is 13.0. The van der Waals surface area contributed by atoms with E-state index in [4.69, 9.17) is 0 Å². The van der Waals surface area contributed by atoms with Gasteiger partial charge in [0, 0.05) is 30.9 Å². The molecular formula is C22H26N2O3S. The average Bonchev–Trinajstić information content (AvgIpc) is 3.17. The number of para-hydroxylation sites is 1. The number of carbonyl (C=O) groups is 1. The monoisotopic (exact) mass is 398 g/mol. The lowest BCUT2D eigenvalue weighted by Crippen LogP contribution is -2.38. The Kier molecular flexibility index (Phi) is 5.25. The molecule has 0 N–H and O–H groups in total. The van der Waals surface area contributed by atoms with Crippen LogP contribution in [0.2, 0.25) is 0 Å². The number of carbonyl (C=O) groups excluding carboxylic acids is 1. The first kappa shape index (κ1) is 19.2. The van der Waals surface area contributed by atoms with Gasteiger partial charge in [-0.05, 0) is 55.2 Å². The van der Waals surface area contributed by atoms with Crippen LogP contribution in [0.4, 0.5) is 5.69 Å². The van der Waals surface area contributed by atoms with Crippen molar-refractivity contribution in [2.45, 2.75) is 49.5 Å². The molecule has 148 valence electrons. The highest BCUT2D eigenvalue weighted by molar-refractivity contribution is 7.89. The number of rotatable bonds is 4. The Morgan fingerprint density at radius 2 is 1.68 bits per heavy atom. The van der Waals surface area contributed by atoms with Crippen LogP contribution >= 0.6 is 0 Å². The van der Waals surface area contributed by atoms with Crippen molar-refractivity contribution in [1.82, 2.24) is 4.31 Å². The second-order valence-corrected chi connectivity index (χ2v) is 9.67. The summed E-state index contributed by atoms with van der Waals surface area (Å²) in [5.41, 5.74) is 2.63. The summed E-state index contributed by atoms with van der Waals surface area (Å²) < 4.78 is 27.4. The van der Waals surface area contributed by atoms with E-state index in [2.05, 4.69) is 0 Å². The van der Waals surface area contributed by atoms with Crippen LogP contribution in [-0.4, -0.2) is 38.3 Å². The first-order valence-electron chi connectivity index (χ1n) is 9.96. The van der Waals surface area contributed by atoms with Crippen LogP contribution in [0.1, 0.15) is 48.0 Å². The molecule has 1 heterocycles. The van der Waals surface area contributed by atoms with Gasteiger partial charge in [-0.3, -0.25) is 4.79 Å². The topological polar surface area (TPSA) is 57.7 Å². The molecule has 1 aliphatic heterocycles. The molecule has 1 aliphatic carbocycles. The maximum Gasteiger partial charge on any atom is 0.258 e. The van der Waals surface area contributed by atoms with Crippen molar-refractivity contribution in [3.8, 4) is 0 Å². The number of hydrogen-bond acceptors (Lipinski definition) is 3. The van der Waals surface area contributed by atoms with Gasteiger partial charge in [-0.2, -0.15) is 4.31 Å². The standard InChI is InChI=1S/C22H26N2O3S/c1-23(19-8-3-2-4-9-19)28(26,27)20-13-11-18(12-14-20)22(25)24-16-15-17-7-5-6-10-21(17)24/h5-7,10-14,19H,2-4,8-9,15-16H2,1H3. The summed E-state index contributed by atoms with van der Waals surface area (Å²) in [6.45, 7) is 0.655. The van der Waals surface area contributed by atoms with E-state index in [-0.39, 0.29) is 16.8 Å². The molecule has 0 saturated heterocycles. The van der Waals surface area contributed by atoms with E-state index < -0.39 is 10.0 Å². The van der Waals surface area contributed by atoms with Gasteiger partial charge in [0.25, 0.3) is 5.91 Å². The first-order chi connectivity index (χ1) is 13.5. The molecule has 4 rings (SSSR count). The van der Waals surface area contributed by atoms with E-state index in [9.17, 15) is 13.2 Å². The average molecular weight is 399 g/mol. The zero-order valence-corrected chi connectivity index (χ0v) is 17.0. The van der Waals surface area contributed by atoms with Gasteiger partial charge in [0.1, 0.15) is 0 Å². The van der Waals surface area contributed by atoms with Gasteiger partial charge in [0.05, 0.1) is 4.90 Å². The maximum atomic E-state index is 13.0. The quantitative estimate of drug-likeness (QED) is 0.786. The molecule has 2 aromatic carbocycles. The fourth-order valence-corrected chi connectivity index (χ4v) is 5.70. The van der Waals surface area contributed by atoms with Crippen LogP contribution in [0.3, 0.4) is 0 Å². The Balaban J connectivity index is 1.53. The fraction of sp³-hybridized carbons (Fsp3) is 0.409. The van der Waals surface area contributed by atoms with Gasteiger partial charge in [-0.15, -0.1) is 0 Å². The van der Waals surface area contributed by atoms with Gasteiger partial charge in [-0.1, -0.05) is 37.5 Å². The third-order valence-electron chi connectivity index (χ3n) is 6.00. The second-order valence-electron chi connectivity index (χ2n) is 7.67. The van der Waals surface area contributed by atoms with Crippen LogP contribution < -0.4 is 4.90 Å². The number of amides is 1. The highest BCUT2D eigenvalue weighted by Crippen LogP contribution is 2.30. The molecule has 0 radical (unpaired) electrons. The molecular weight excluding hydrogens is 372 g/mol. The molecule has 0 unspecified atom stereocenters. The Morgan fingerprint density at radius 3 is 2.39 bits per heavy atom. The van der Waals surface area contributed by atoms with Crippen molar-refractivity contribution in [2.75, 3.05) is 18.5 Å². The molecule has 1 saturated carbocycles. The summed E-state index contributed by atoms with van der Waals surface area (Å²) in [7, 11) is -1.87. The lowest BCUT2D eigenvalue weighted by atomic mass is 9.96. The summed E-state index contributed by atoms with van der Waals surface area (Å²) in [5.74, 6) is -0.0884. The van der Waals surface area contributed by atoms with E-state index in [1.165, 1.54) is 16.3 Å². The van der Waals surface area contributed by atoms with Crippen molar-refractivity contribution < 1.29 is 13.2 Å². The van der Waals surface area contributed by atoms with Gasteiger partial charge in [0.15, 0.2) is 0 Å². The minimum Gasteiger partial charge on any atom is -0.308 e. The number of fused-ring (bicyclic) bond motifs is 1. The zero-order chi connectivity index (χ0) is 19.7.